The highest BCUT2D eigenvalue weighted by atomic mass is 16.5. The third-order valence-electron chi connectivity index (χ3n) is 3.15. The summed E-state index contributed by atoms with van der Waals surface area (Å²) in [5.74, 6) is 0. The predicted molar refractivity (Wildman–Crippen MR) is 76.1 cm³/mol. The van der Waals surface area contributed by atoms with Crippen molar-refractivity contribution in [1.29, 1.82) is 0 Å². The van der Waals surface area contributed by atoms with Gasteiger partial charge in [-0.25, -0.2) is 0 Å². The zero-order valence-electron chi connectivity index (χ0n) is 11.9. The van der Waals surface area contributed by atoms with Crippen molar-refractivity contribution < 1.29 is 9.84 Å². The second-order valence-corrected chi connectivity index (χ2v) is 4.76. The van der Waals surface area contributed by atoms with Gasteiger partial charge < -0.3 is 14.7 Å². The number of benzene rings is 1. The summed E-state index contributed by atoms with van der Waals surface area (Å²) in [5.41, 5.74) is 2.11. The lowest BCUT2D eigenvalue weighted by Gasteiger charge is -2.31. The largest absolute Gasteiger partial charge is 0.388 e. The number of aliphatic hydroxyl groups excluding tert-OH is 1. The molecule has 0 amide bonds. The summed E-state index contributed by atoms with van der Waals surface area (Å²) in [4.78, 5) is 2.28. The van der Waals surface area contributed by atoms with Crippen LogP contribution in [0, 0.1) is 0 Å². The first kappa shape index (κ1) is 15.0. The molecule has 0 bridgehead atoms. The fourth-order valence-electron chi connectivity index (χ4n) is 2.10. The number of anilines is 1. The molecule has 18 heavy (non-hydrogen) atoms. The van der Waals surface area contributed by atoms with Crippen LogP contribution < -0.4 is 4.90 Å². The van der Waals surface area contributed by atoms with Crippen LogP contribution >= 0.6 is 0 Å². The molecule has 0 aromatic heterocycles. The summed E-state index contributed by atoms with van der Waals surface area (Å²) in [6.45, 7) is 7.84. The fraction of sp³-hybridized carbons (Fsp3) is 0.600. The second kappa shape index (κ2) is 7.39. The van der Waals surface area contributed by atoms with E-state index in [9.17, 15) is 5.11 Å². The first-order valence-corrected chi connectivity index (χ1v) is 6.64. The van der Waals surface area contributed by atoms with Gasteiger partial charge >= 0.3 is 0 Å². The Morgan fingerprint density at radius 1 is 1.28 bits per heavy atom. The van der Waals surface area contributed by atoms with E-state index in [0.717, 1.165) is 24.2 Å². The Labute approximate surface area is 110 Å². The van der Waals surface area contributed by atoms with E-state index in [2.05, 4.69) is 24.8 Å². The Morgan fingerprint density at radius 3 is 2.50 bits per heavy atom. The smallest absolute Gasteiger partial charge is 0.0807 e. The third kappa shape index (κ3) is 3.72. The lowest BCUT2D eigenvalue weighted by atomic mass is 10.0. The number of methoxy groups -OCH3 is 1. The van der Waals surface area contributed by atoms with Gasteiger partial charge in [0.1, 0.15) is 0 Å². The zero-order valence-corrected chi connectivity index (χ0v) is 11.9. The van der Waals surface area contributed by atoms with Gasteiger partial charge in [-0.15, -0.1) is 0 Å². The summed E-state index contributed by atoms with van der Waals surface area (Å²) < 4.78 is 5.17. The molecule has 1 N–H and O–H groups in total. The summed E-state index contributed by atoms with van der Waals surface area (Å²) >= 11 is 0. The van der Waals surface area contributed by atoms with E-state index in [4.69, 9.17) is 4.74 Å². The summed E-state index contributed by atoms with van der Waals surface area (Å²) in [7, 11) is 1.71. The van der Waals surface area contributed by atoms with Crippen molar-refractivity contribution in [3.63, 3.8) is 0 Å². The summed E-state index contributed by atoms with van der Waals surface area (Å²) in [6.07, 6.45) is 0.331. The molecule has 0 radical (unpaired) electrons. The standard InChI is InChI=1S/C15H25NO2/c1-5-15(17)13-8-6-7-9-14(13)16(12(2)3)10-11-18-4/h6-9,12,15,17H,5,10-11H2,1-4H3. The van der Waals surface area contributed by atoms with E-state index in [1.807, 2.05) is 25.1 Å². The monoisotopic (exact) mass is 251 g/mol. The minimum atomic E-state index is -0.398. The minimum Gasteiger partial charge on any atom is -0.388 e. The first-order valence-electron chi connectivity index (χ1n) is 6.64. The molecule has 0 aliphatic carbocycles. The normalized spacial score (nSPS) is 12.8. The topological polar surface area (TPSA) is 32.7 Å². The summed E-state index contributed by atoms with van der Waals surface area (Å²) in [6, 6.07) is 8.45. The van der Waals surface area contributed by atoms with Crippen LogP contribution in [0.4, 0.5) is 5.69 Å². The van der Waals surface area contributed by atoms with Gasteiger partial charge in [0.05, 0.1) is 12.7 Å². The minimum absolute atomic E-state index is 0.380. The molecule has 1 rings (SSSR count). The lowest BCUT2D eigenvalue weighted by molar-refractivity contribution is 0.173. The highest BCUT2D eigenvalue weighted by Gasteiger charge is 2.17. The van der Waals surface area contributed by atoms with Gasteiger partial charge in [0, 0.05) is 30.9 Å². The van der Waals surface area contributed by atoms with Gasteiger partial charge in [0.2, 0.25) is 0 Å². The molecule has 1 aromatic rings. The number of ether oxygens (including phenoxy) is 1. The van der Waals surface area contributed by atoms with Crippen molar-refractivity contribution in [1.82, 2.24) is 0 Å². The zero-order chi connectivity index (χ0) is 13.5. The van der Waals surface area contributed by atoms with Crippen LogP contribution in [0.15, 0.2) is 24.3 Å². The van der Waals surface area contributed by atoms with Crippen LogP contribution in [0.25, 0.3) is 0 Å². The van der Waals surface area contributed by atoms with Crippen LogP contribution in [-0.4, -0.2) is 31.4 Å². The molecule has 0 spiro atoms. The van der Waals surface area contributed by atoms with Crippen LogP contribution in [0.5, 0.6) is 0 Å². The van der Waals surface area contributed by atoms with Crippen molar-refractivity contribution in [2.24, 2.45) is 0 Å². The van der Waals surface area contributed by atoms with Crippen molar-refractivity contribution in [2.75, 3.05) is 25.2 Å². The first-order chi connectivity index (χ1) is 8.61. The van der Waals surface area contributed by atoms with Crippen molar-refractivity contribution in [2.45, 2.75) is 39.3 Å². The van der Waals surface area contributed by atoms with Crippen LogP contribution in [0.1, 0.15) is 38.9 Å². The van der Waals surface area contributed by atoms with E-state index in [1.54, 1.807) is 7.11 Å². The molecule has 3 heteroatoms. The maximum Gasteiger partial charge on any atom is 0.0807 e. The Balaban J connectivity index is 3.03. The molecule has 0 aliphatic rings. The number of hydrogen-bond acceptors (Lipinski definition) is 3. The Hall–Kier alpha value is -1.06. The number of rotatable bonds is 7. The van der Waals surface area contributed by atoms with E-state index in [1.165, 1.54) is 0 Å². The number of hydrogen-bond donors (Lipinski definition) is 1. The molecule has 102 valence electrons. The average Bonchev–Trinajstić information content (AvgIpc) is 2.38. The van der Waals surface area contributed by atoms with Gasteiger partial charge in [-0.3, -0.25) is 0 Å². The van der Waals surface area contributed by atoms with E-state index in [-0.39, 0.29) is 0 Å². The lowest BCUT2D eigenvalue weighted by Crippen LogP contribution is -2.34. The number of nitrogens with zero attached hydrogens (tertiary/aromatic N) is 1. The van der Waals surface area contributed by atoms with Gasteiger partial charge in [-0.05, 0) is 26.3 Å². The molecule has 0 heterocycles. The maximum atomic E-state index is 10.1. The van der Waals surface area contributed by atoms with E-state index < -0.39 is 6.10 Å². The predicted octanol–water partition coefficient (Wildman–Crippen LogP) is 2.99. The van der Waals surface area contributed by atoms with E-state index >= 15 is 0 Å². The van der Waals surface area contributed by atoms with Crippen LogP contribution in [0.3, 0.4) is 0 Å². The Bertz CT molecular complexity index is 352. The van der Waals surface area contributed by atoms with Crippen molar-refractivity contribution in [3.05, 3.63) is 29.8 Å². The van der Waals surface area contributed by atoms with Gasteiger partial charge in [0.15, 0.2) is 0 Å². The molecule has 0 aliphatic heterocycles. The van der Waals surface area contributed by atoms with Crippen LogP contribution in [-0.2, 0) is 4.74 Å². The molecular weight excluding hydrogens is 226 g/mol. The fourth-order valence-corrected chi connectivity index (χ4v) is 2.10. The van der Waals surface area contributed by atoms with E-state index in [0.29, 0.717) is 12.6 Å². The molecule has 1 unspecified atom stereocenters. The second-order valence-electron chi connectivity index (χ2n) is 4.76. The Morgan fingerprint density at radius 2 is 1.94 bits per heavy atom. The van der Waals surface area contributed by atoms with Crippen LogP contribution in [0.2, 0.25) is 0 Å². The quantitative estimate of drug-likeness (QED) is 0.808. The molecular formula is C15H25NO2. The molecule has 3 nitrogen and oxygen atoms in total. The maximum absolute atomic E-state index is 10.1. The third-order valence-corrected chi connectivity index (χ3v) is 3.15. The number of aliphatic hydroxyl groups is 1. The number of para-hydroxylation sites is 1. The van der Waals surface area contributed by atoms with Gasteiger partial charge in [-0.1, -0.05) is 25.1 Å². The molecule has 1 atom stereocenters. The highest BCUT2D eigenvalue weighted by molar-refractivity contribution is 5.55. The Kier molecular flexibility index (Phi) is 6.16. The molecule has 0 fully saturated rings. The highest BCUT2D eigenvalue weighted by Crippen LogP contribution is 2.29. The van der Waals surface area contributed by atoms with Gasteiger partial charge in [0.25, 0.3) is 0 Å². The molecule has 0 saturated heterocycles. The van der Waals surface area contributed by atoms with Gasteiger partial charge in [-0.2, -0.15) is 0 Å². The summed E-state index contributed by atoms with van der Waals surface area (Å²) in [5, 5.41) is 10.1. The van der Waals surface area contributed by atoms with Crippen molar-refractivity contribution in [3.8, 4) is 0 Å². The molecule has 1 aromatic carbocycles. The average molecular weight is 251 g/mol. The molecule has 0 saturated carbocycles. The van der Waals surface area contributed by atoms with Crippen molar-refractivity contribution >= 4 is 5.69 Å². The SMILES string of the molecule is CCC(O)c1ccccc1N(CCOC)C(C)C.